The molecule has 8 heteroatoms. The van der Waals surface area contributed by atoms with Gasteiger partial charge in [0.15, 0.2) is 11.6 Å². The van der Waals surface area contributed by atoms with Gasteiger partial charge in [-0.05, 0) is 6.92 Å². The van der Waals surface area contributed by atoms with Crippen molar-refractivity contribution >= 4 is 0 Å². The molecule has 4 rings (SSSR count). The van der Waals surface area contributed by atoms with Crippen LogP contribution in [0.25, 0.3) is 11.4 Å². The van der Waals surface area contributed by atoms with E-state index >= 15 is 0 Å². The third-order valence-corrected chi connectivity index (χ3v) is 4.12. The molecule has 1 aromatic carbocycles. The summed E-state index contributed by atoms with van der Waals surface area (Å²) in [6.07, 6.45) is 0.376. The molecule has 0 aliphatic carbocycles. The van der Waals surface area contributed by atoms with Crippen LogP contribution in [0.1, 0.15) is 30.6 Å². The van der Waals surface area contributed by atoms with E-state index in [9.17, 15) is 0 Å². The zero-order valence-electron chi connectivity index (χ0n) is 14.2. The Kier molecular flexibility index (Phi) is 4.29. The molecule has 2 aromatic heterocycles. The molecule has 1 fully saturated rings. The van der Waals surface area contributed by atoms with Gasteiger partial charge in [-0.2, -0.15) is 10.1 Å². The Morgan fingerprint density at radius 2 is 2.04 bits per heavy atom. The van der Waals surface area contributed by atoms with Crippen LogP contribution in [-0.4, -0.2) is 44.1 Å². The lowest BCUT2D eigenvalue weighted by Crippen LogP contribution is -2.39. The molecule has 25 heavy (non-hydrogen) atoms. The summed E-state index contributed by atoms with van der Waals surface area (Å²) in [4.78, 5) is 9.06. The molecular formula is C17H20N6O2. The summed E-state index contributed by atoms with van der Waals surface area (Å²) in [5.74, 6) is 2.55. The molecule has 0 amide bonds. The van der Waals surface area contributed by atoms with Gasteiger partial charge >= 0.3 is 0 Å². The summed E-state index contributed by atoms with van der Waals surface area (Å²) in [5.41, 5.74) is 0.980. The first-order valence-corrected chi connectivity index (χ1v) is 8.33. The average molecular weight is 340 g/mol. The van der Waals surface area contributed by atoms with Crippen LogP contribution in [0.3, 0.4) is 0 Å². The molecule has 3 aromatic rings. The highest BCUT2D eigenvalue weighted by Gasteiger charge is 2.26. The van der Waals surface area contributed by atoms with Gasteiger partial charge in [-0.3, -0.25) is 4.68 Å². The van der Waals surface area contributed by atoms with Crippen LogP contribution in [0.2, 0.25) is 0 Å². The summed E-state index contributed by atoms with van der Waals surface area (Å²) < 4.78 is 13.0. The Bertz CT molecular complexity index is 844. The van der Waals surface area contributed by atoms with Gasteiger partial charge in [-0.25, -0.2) is 4.98 Å². The normalized spacial score (nSPS) is 20.7. The van der Waals surface area contributed by atoms with Crippen LogP contribution >= 0.6 is 0 Å². The zero-order chi connectivity index (χ0) is 17.2. The zero-order valence-corrected chi connectivity index (χ0v) is 14.2. The van der Waals surface area contributed by atoms with Crippen molar-refractivity contribution in [3.8, 4) is 11.4 Å². The Balaban J connectivity index is 1.50. The molecule has 130 valence electrons. The fourth-order valence-electron chi connectivity index (χ4n) is 2.83. The van der Waals surface area contributed by atoms with Gasteiger partial charge in [0.1, 0.15) is 11.9 Å². The van der Waals surface area contributed by atoms with E-state index in [4.69, 9.17) is 9.26 Å². The third kappa shape index (κ3) is 3.45. The predicted octanol–water partition coefficient (Wildman–Crippen LogP) is 1.51. The molecule has 0 unspecified atom stereocenters. The largest absolute Gasteiger partial charge is 0.363 e. The van der Waals surface area contributed by atoms with Crippen LogP contribution in [0.5, 0.6) is 0 Å². The number of aryl methyl sites for hydroxylation is 1. The smallest absolute Gasteiger partial charge is 0.257 e. The lowest BCUT2D eigenvalue weighted by Gasteiger charge is -2.25. The fourth-order valence-corrected chi connectivity index (χ4v) is 2.83. The Morgan fingerprint density at radius 1 is 1.20 bits per heavy atom. The molecule has 1 aliphatic rings. The monoisotopic (exact) mass is 340 g/mol. The number of benzene rings is 1. The van der Waals surface area contributed by atoms with E-state index in [1.165, 1.54) is 0 Å². The van der Waals surface area contributed by atoms with Crippen molar-refractivity contribution in [2.75, 3.05) is 13.1 Å². The fraction of sp³-hybridized carbons (Fsp3) is 0.412. The summed E-state index contributed by atoms with van der Waals surface area (Å²) in [5, 5.41) is 11.8. The lowest BCUT2D eigenvalue weighted by atomic mass is 10.2. The van der Waals surface area contributed by atoms with Crippen molar-refractivity contribution in [3.05, 3.63) is 47.9 Å². The Morgan fingerprint density at radius 3 is 2.84 bits per heavy atom. The molecule has 1 saturated heterocycles. The average Bonchev–Trinajstić information content (AvgIpc) is 3.24. The van der Waals surface area contributed by atoms with Crippen molar-refractivity contribution in [1.82, 2.24) is 30.2 Å². The minimum Gasteiger partial charge on any atom is -0.363 e. The van der Waals surface area contributed by atoms with E-state index in [1.54, 1.807) is 4.68 Å². The number of hydrogen-bond acceptors (Lipinski definition) is 7. The molecule has 2 atom stereocenters. The molecule has 0 bridgehead atoms. The van der Waals surface area contributed by atoms with Gasteiger partial charge in [0, 0.05) is 25.7 Å². The van der Waals surface area contributed by atoms with Crippen molar-refractivity contribution in [2.45, 2.75) is 25.6 Å². The van der Waals surface area contributed by atoms with E-state index in [0.717, 1.165) is 17.9 Å². The van der Waals surface area contributed by atoms with Crippen LogP contribution in [0.15, 0.2) is 34.9 Å². The van der Waals surface area contributed by atoms with E-state index in [0.29, 0.717) is 30.5 Å². The summed E-state index contributed by atoms with van der Waals surface area (Å²) in [7, 11) is 1.87. The van der Waals surface area contributed by atoms with Crippen molar-refractivity contribution in [1.29, 1.82) is 0 Å². The molecule has 1 aliphatic heterocycles. The molecule has 1 N–H and O–H groups in total. The number of ether oxygens (including phenoxy) is 1. The number of aromatic nitrogens is 5. The van der Waals surface area contributed by atoms with E-state index in [1.807, 2.05) is 44.3 Å². The van der Waals surface area contributed by atoms with Gasteiger partial charge in [0.2, 0.25) is 0 Å². The molecule has 8 nitrogen and oxygen atoms in total. The highest BCUT2D eigenvalue weighted by molar-refractivity contribution is 5.54. The van der Waals surface area contributed by atoms with Crippen molar-refractivity contribution in [2.24, 2.45) is 7.05 Å². The van der Waals surface area contributed by atoms with Crippen molar-refractivity contribution < 1.29 is 9.26 Å². The molecule has 3 heterocycles. The quantitative estimate of drug-likeness (QED) is 0.769. The molecule has 0 saturated carbocycles. The molecule has 0 radical (unpaired) electrons. The maximum atomic E-state index is 5.83. The van der Waals surface area contributed by atoms with Gasteiger partial charge in [0.25, 0.3) is 5.89 Å². The van der Waals surface area contributed by atoms with Gasteiger partial charge in [-0.1, -0.05) is 35.5 Å². The summed E-state index contributed by atoms with van der Waals surface area (Å²) in [6, 6.07) is 9.88. The van der Waals surface area contributed by atoms with E-state index < -0.39 is 0 Å². The minimum absolute atomic E-state index is 0.126. The highest BCUT2D eigenvalue weighted by Crippen LogP contribution is 2.20. The second kappa shape index (κ2) is 6.73. The summed E-state index contributed by atoms with van der Waals surface area (Å²) >= 11 is 0. The number of nitrogens with one attached hydrogen (secondary N) is 1. The Labute approximate surface area is 145 Å². The maximum Gasteiger partial charge on any atom is 0.257 e. The first kappa shape index (κ1) is 15.9. The van der Waals surface area contributed by atoms with Crippen LogP contribution in [0.4, 0.5) is 0 Å². The van der Waals surface area contributed by atoms with Crippen molar-refractivity contribution in [3.63, 3.8) is 0 Å². The number of rotatable bonds is 4. The first-order chi connectivity index (χ1) is 12.2. The van der Waals surface area contributed by atoms with E-state index in [-0.39, 0.29) is 12.2 Å². The number of morpholine rings is 1. The second-order valence-corrected chi connectivity index (χ2v) is 6.16. The van der Waals surface area contributed by atoms with Crippen LogP contribution < -0.4 is 5.32 Å². The highest BCUT2D eigenvalue weighted by atomic mass is 16.5. The number of hydrogen-bond donors (Lipinski definition) is 1. The first-order valence-electron chi connectivity index (χ1n) is 8.33. The van der Waals surface area contributed by atoms with Gasteiger partial charge < -0.3 is 14.6 Å². The predicted molar refractivity (Wildman–Crippen MR) is 89.7 cm³/mol. The topological polar surface area (TPSA) is 90.9 Å². The van der Waals surface area contributed by atoms with E-state index in [2.05, 4.69) is 25.5 Å². The third-order valence-electron chi connectivity index (χ3n) is 4.12. The summed E-state index contributed by atoms with van der Waals surface area (Å²) in [6.45, 7) is 3.52. The number of nitrogens with zero attached hydrogens (tertiary/aromatic N) is 5. The van der Waals surface area contributed by atoms with Crippen LogP contribution in [0, 0.1) is 0 Å². The standard InChI is InChI=1S/C17H20N6O2/c1-11-9-18-10-13(24-11)17-19-14(22-25-17)8-15-20-16(21-23(15)2)12-6-4-3-5-7-12/h3-7,11,13,18H,8-10H2,1-2H3/t11-,13-/m1/s1. The SMILES string of the molecule is C[C@@H]1CNC[C@H](c2nc(Cc3nc(-c4ccccc4)nn3C)no2)O1. The Hall–Kier alpha value is -2.58. The van der Waals surface area contributed by atoms with Gasteiger partial charge in [0.05, 0.1) is 12.5 Å². The van der Waals surface area contributed by atoms with Gasteiger partial charge in [-0.15, -0.1) is 0 Å². The minimum atomic E-state index is -0.204. The lowest BCUT2D eigenvalue weighted by molar-refractivity contribution is -0.0438. The molecular weight excluding hydrogens is 320 g/mol. The maximum absolute atomic E-state index is 5.83. The molecule has 0 spiro atoms. The van der Waals surface area contributed by atoms with Crippen LogP contribution in [-0.2, 0) is 18.2 Å². The second-order valence-electron chi connectivity index (χ2n) is 6.16.